The number of hydrogen-bond donors (Lipinski definition) is 2. The van der Waals surface area contributed by atoms with Gasteiger partial charge in [0.1, 0.15) is 10.6 Å². The van der Waals surface area contributed by atoms with Crippen LogP contribution in [0.5, 0.6) is 11.6 Å². The molecule has 0 radical (unpaired) electrons. The lowest BCUT2D eigenvalue weighted by Gasteiger charge is -2.08. The molecule has 0 aliphatic rings. The summed E-state index contributed by atoms with van der Waals surface area (Å²) >= 11 is 0. The van der Waals surface area contributed by atoms with Crippen LogP contribution in [-0.4, -0.2) is 18.4 Å². The highest BCUT2D eigenvalue weighted by molar-refractivity contribution is 7.92. The van der Waals surface area contributed by atoms with Crippen molar-refractivity contribution in [3.8, 4) is 11.6 Å². The maximum Gasteiger partial charge on any atom is 0.263 e. The molecule has 2 N–H and O–H groups in total. The zero-order chi connectivity index (χ0) is 19.7. The molecule has 0 saturated heterocycles. The Morgan fingerprint density at radius 2 is 1.75 bits per heavy atom. The molecule has 2 aromatic heterocycles. The fourth-order valence-corrected chi connectivity index (χ4v) is 3.62. The molecule has 0 atom stereocenters. The monoisotopic (exact) mass is 401 g/mol. The smallest absolute Gasteiger partial charge is 0.263 e. The Morgan fingerprint density at radius 3 is 2.46 bits per heavy atom. The third kappa shape index (κ3) is 3.52. The Labute approximate surface area is 158 Å². The second kappa shape index (κ2) is 6.93. The second-order valence-electron chi connectivity index (χ2n) is 5.87. The van der Waals surface area contributed by atoms with E-state index in [1.54, 1.807) is 24.3 Å². The van der Waals surface area contributed by atoms with Gasteiger partial charge >= 0.3 is 0 Å². The maximum atomic E-state index is 13.5. The van der Waals surface area contributed by atoms with Crippen molar-refractivity contribution in [1.29, 1.82) is 0 Å². The standard InChI is InChI=1S/C19H13F2N3O3S/c20-15-8-14-17(9-16(15)21)22-11-18(14)24-28(25,26)13-6-7-19(23-10-13)27-12-4-2-1-3-5-12/h1-11,22,24H. The van der Waals surface area contributed by atoms with E-state index >= 15 is 0 Å². The molecule has 0 aliphatic carbocycles. The molecule has 6 nitrogen and oxygen atoms in total. The minimum absolute atomic E-state index is 0.0958. The number of anilines is 1. The van der Waals surface area contributed by atoms with E-state index in [2.05, 4.69) is 14.7 Å². The Kier molecular flexibility index (Phi) is 4.44. The number of pyridine rings is 1. The molecule has 0 aliphatic heterocycles. The average molecular weight is 401 g/mol. The van der Waals surface area contributed by atoms with E-state index in [4.69, 9.17) is 4.74 Å². The van der Waals surface area contributed by atoms with Crippen LogP contribution in [0.2, 0.25) is 0 Å². The molecule has 4 rings (SSSR count). The predicted octanol–water partition coefficient (Wildman–Crippen LogP) is 4.43. The molecule has 2 aromatic carbocycles. The van der Waals surface area contributed by atoms with Crippen molar-refractivity contribution in [2.45, 2.75) is 4.90 Å². The van der Waals surface area contributed by atoms with E-state index < -0.39 is 21.7 Å². The third-order valence-corrected chi connectivity index (χ3v) is 5.30. The summed E-state index contributed by atoms with van der Waals surface area (Å²) in [6.45, 7) is 0. The molecule has 0 fully saturated rings. The van der Waals surface area contributed by atoms with E-state index in [-0.39, 0.29) is 27.4 Å². The van der Waals surface area contributed by atoms with Crippen LogP contribution in [0.3, 0.4) is 0 Å². The van der Waals surface area contributed by atoms with E-state index in [1.165, 1.54) is 18.3 Å². The summed E-state index contributed by atoms with van der Waals surface area (Å²) in [5.74, 6) is -1.30. The van der Waals surface area contributed by atoms with Gasteiger partial charge in [-0.3, -0.25) is 4.72 Å². The van der Waals surface area contributed by atoms with Crippen LogP contribution in [0, 0.1) is 11.6 Å². The number of halogens is 2. The molecule has 2 heterocycles. The van der Waals surface area contributed by atoms with Crippen molar-refractivity contribution in [3.63, 3.8) is 0 Å². The highest BCUT2D eigenvalue weighted by atomic mass is 32.2. The number of hydrogen-bond acceptors (Lipinski definition) is 4. The van der Waals surface area contributed by atoms with Crippen LogP contribution in [0.15, 0.2) is 71.9 Å². The number of para-hydroxylation sites is 1. The van der Waals surface area contributed by atoms with Gasteiger partial charge in [0.25, 0.3) is 10.0 Å². The van der Waals surface area contributed by atoms with Crippen molar-refractivity contribution in [1.82, 2.24) is 9.97 Å². The molecule has 28 heavy (non-hydrogen) atoms. The van der Waals surface area contributed by atoms with Crippen molar-refractivity contribution in [2.24, 2.45) is 0 Å². The normalized spacial score (nSPS) is 11.5. The highest BCUT2D eigenvalue weighted by Crippen LogP contribution is 2.28. The first-order valence-corrected chi connectivity index (χ1v) is 9.58. The van der Waals surface area contributed by atoms with Crippen LogP contribution in [0.1, 0.15) is 0 Å². The largest absolute Gasteiger partial charge is 0.439 e. The number of benzene rings is 2. The van der Waals surface area contributed by atoms with E-state index in [0.717, 1.165) is 18.3 Å². The minimum Gasteiger partial charge on any atom is -0.439 e. The van der Waals surface area contributed by atoms with Gasteiger partial charge in [0.05, 0.1) is 17.4 Å². The molecule has 0 saturated carbocycles. The van der Waals surface area contributed by atoms with Gasteiger partial charge in [-0.05, 0) is 24.3 Å². The van der Waals surface area contributed by atoms with Crippen LogP contribution >= 0.6 is 0 Å². The Hall–Kier alpha value is -3.46. The highest BCUT2D eigenvalue weighted by Gasteiger charge is 2.18. The molecule has 0 unspecified atom stereocenters. The number of ether oxygens (including phenoxy) is 1. The Morgan fingerprint density at radius 1 is 1.00 bits per heavy atom. The summed E-state index contributed by atoms with van der Waals surface area (Å²) in [5, 5.41) is 0.208. The third-order valence-electron chi connectivity index (χ3n) is 3.95. The van der Waals surface area contributed by atoms with Gasteiger partial charge in [-0.2, -0.15) is 0 Å². The van der Waals surface area contributed by atoms with Crippen molar-refractivity contribution < 1.29 is 21.9 Å². The number of aromatic nitrogens is 2. The Bertz CT molecular complexity index is 1240. The lowest BCUT2D eigenvalue weighted by Crippen LogP contribution is -2.13. The maximum absolute atomic E-state index is 13.5. The molecule has 0 spiro atoms. The minimum atomic E-state index is -3.99. The first-order chi connectivity index (χ1) is 13.4. The summed E-state index contributed by atoms with van der Waals surface area (Å²) in [5.41, 5.74) is 0.361. The SMILES string of the molecule is O=S(=O)(Nc1c[nH]c2cc(F)c(F)cc12)c1ccc(Oc2ccccc2)nc1. The van der Waals surface area contributed by atoms with E-state index in [9.17, 15) is 17.2 Å². The molecular formula is C19H13F2N3O3S. The van der Waals surface area contributed by atoms with Gasteiger partial charge in [0.2, 0.25) is 5.88 Å². The number of fused-ring (bicyclic) bond motifs is 1. The topological polar surface area (TPSA) is 84.1 Å². The van der Waals surface area contributed by atoms with Crippen LogP contribution in [0.25, 0.3) is 10.9 Å². The van der Waals surface area contributed by atoms with Gasteiger partial charge < -0.3 is 9.72 Å². The summed E-state index contributed by atoms with van der Waals surface area (Å²) in [7, 11) is -3.99. The van der Waals surface area contributed by atoms with Crippen LogP contribution < -0.4 is 9.46 Å². The van der Waals surface area contributed by atoms with Gasteiger partial charge in [0.15, 0.2) is 11.6 Å². The van der Waals surface area contributed by atoms with Gasteiger partial charge in [-0.15, -0.1) is 0 Å². The number of aromatic amines is 1. The average Bonchev–Trinajstić information content (AvgIpc) is 3.04. The number of sulfonamides is 1. The van der Waals surface area contributed by atoms with Gasteiger partial charge in [-0.1, -0.05) is 18.2 Å². The number of rotatable bonds is 5. The summed E-state index contributed by atoms with van der Waals surface area (Å²) in [6, 6.07) is 13.6. The predicted molar refractivity (Wildman–Crippen MR) is 99.8 cm³/mol. The molecule has 0 bridgehead atoms. The van der Waals surface area contributed by atoms with Crippen molar-refractivity contribution in [3.05, 3.63) is 78.6 Å². The van der Waals surface area contributed by atoms with Crippen molar-refractivity contribution in [2.75, 3.05) is 4.72 Å². The molecule has 142 valence electrons. The van der Waals surface area contributed by atoms with Crippen LogP contribution in [-0.2, 0) is 10.0 Å². The number of nitrogens with one attached hydrogen (secondary N) is 2. The molecule has 9 heteroatoms. The van der Waals surface area contributed by atoms with E-state index in [0.29, 0.717) is 5.75 Å². The van der Waals surface area contributed by atoms with Gasteiger partial charge in [0, 0.05) is 23.7 Å². The van der Waals surface area contributed by atoms with Crippen LogP contribution in [0.4, 0.5) is 14.5 Å². The van der Waals surface area contributed by atoms with E-state index in [1.807, 2.05) is 6.07 Å². The first-order valence-electron chi connectivity index (χ1n) is 8.10. The lowest BCUT2D eigenvalue weighted by molar-refractivity contribution is 0.462. The molecular weight excluding hydrogens is 388 g/mol. The zero-order valence-electron chi connectivity index (χ0n) is 14.2. The summed E-state index contributed by atoms with van der Waals surface area (Å²) in [4.78, 5) is 6.59. The number of nitrogens with zero attached hydrogens (tertiary/aromatic N) is 1. The zero-order valence-corrected chi connectivity index (χ0v) is 15.0. The quantitative estimate of drug-likeness (QED) is 0.518. The first kappa shape index (κ1) is 17.9. The molecule has 0 amide bonds. The fourth-order valence-electron chi connectivity index (χ4n) is 2.60. The summed E-state index contributed by atoms with van der Waals surface area (Å²) < 4.78 is 59.8. The fraction of sp³-hybridized carbons (Fsp3) is 0. The summed E-state index contributed by atoms with van der Waals surface area (Å²) in [6.07, 6.45) is 2.47. The second-order valence-corrected chi connectivity index (χ2v) is 7.55. The van der Waals surface area contributed by atoms with Gasteiger partial charge in [-0.25, -0.2) is 22.2 Å². The Balaban J connectivity index is 1.58. The molecule has 4 aromatic rings. The number of H-pyrrole nitrogens is 1. The van der Waals surface area contributed by atoms with Crippen molar-refractivity contribution >= 4 is 26.6 Å². The lowest BCUT2D eigenvalue weighted by atomic mass is 10.2.